The maximum absolute atomic E-state index is 14.7. The number of aliphatic imine (C=N–C) groups is 1. The van der Waals surface area contributed by atoms with Gasteiger partial charge in [-0.25, -0.2) is 9.38 Å². The smallest absolute Gasteiger partial charge is 0.152 e. The number of halogens is 3. The molecule has 1 saturated heterocycles. The van der Waals surface area contributed by atoms with Gasteiger partial charge in [0.05, 0.1) is 27.6 Å². The molecule has 1 unspecified atom stereocenters. The van der Waals surface area contributed by atoms with E-state index in [0.717, 1.165) is 6.29 Å². The summed E-state index contributed by atoms with van der Waals surface area (Å²) in [7, 11) is 3.69. The number of aldehydes is 1. The van der Waals surface area contributed by atoms with Gasteiger partial charge >= 0.3 is 0 Å². The largest absolute Gasteiger partial charge is 0.374 e. The Balaban J connectivity index is 2.00. The van der Waals surface area contributed by atoms with Crippen LogP contribution in [0.5, 0.6) is 0 Å². The van der Waals surface area contributed by atoms with Crippen molar-refractivity contribution in [3.05, 3.63) is 57.3 Å². The Hall–Kier alpha value is -2.15. The number of hydrogen-bond donors (Lipinski definition) is 2. The number of rotatable bonds is 6. The van der Waals surface area contributed by atoms with E-state index in [1.807, 2.05) is 20.2 Å². The lowest BCUT2D eigenvalue weighted by Crippen LogP contribution is -2.39. The fourth-order valence-electron chi connectivity index (χ4n) is 3.34. The van der Waals surface area contributed by atoms with E-state index in [-0.39, 0.29) is 5.02 Å². The van der Waals surface area contributed by atoms with Gasteiger partial charge in [0.2, 0.25) is 0 Å². The number of hydrogen-bond acceptors (Lipinski definition) is 4. The van der Waals surface area contributed by atoms with Crippen LogP contribution in [0.3, 0.4) is 0 Å². The Morgan fingerprint density at radius 3 is 2.71 bits per heavy atom. The molecule has 2 aromatic rings. The zero-order valence-electron chi connectivity index (χ0n) is 15.6. The summed E-state index contributed by atoms with van der Waals surface area (Å²) in [4.78, 5) is 17.6. The quantitative estimate of drug-likeness (QED) is 0.312. The number of benzene rings is 2. The molecule has 0 aliphatic carbocycles. The maximum atomic E-state index is 14.7. The maximum Gasteiger partial charge on any atom is 0.152 e. The molecule has 1 aliphatic heterocycles. The Labute approximate surface area is 173 Å². The van der Waals surface area contributed by atoms with Crippen molar-refractivity contribution >= 4 is 47.2 Å². The van der Waals surface area contributed by atoms with Crippen molar-refractivity contribution in [2.75, 3.05) is 32.5 Å². The van der Waals surface area contributed by atoms with Crippen LogP contribution in [0.1, 0.15) is 22.3 Å². The summed E-state index contributed by atoms with van der Waals surface area (Å²) >= 11 is 12.5. The van der Waals surface area contributed by atoms with Gasteiger partial charge in [0.1, 0.15) is 5.82 Å². The lowest BCUT2D eigenvalue weighted by Gasteiger charge is -2.33. The molecule has 28 heavy (non-hydrogen) atoms. The average molecular weight is 423 g/mol. The third-order valence-corrected chi connectivity index (χ3v) is 5.45. The van der Waals surface area contributed by atoms with Gasteiger partial charge < -0.3 is 15.5 Å². The van der Waals surface area contributed by atoms with Crippen molar-refractivity contribution in [1.29, 1.82) is 0 Å². The normalized spacial score (nSPS) is 19.2. The highest BCUT2D eigenvalue weighted by Gasteiger charge is 2.40. The molecule has 0 saturated carbocycles. The molecular formula is C20H21Cl2FN4O. The highest BCUT2D eigenvalue weighted by Crippen LogP contribution is 2.41. The van der Waals surface area contributed by atoms with Crippen LogP contribution >= 0.6 is 23.2 Å². The molecule has 1 fully saturated rings. The van der Waals surface area contributed by atoms with E-state index >= 15 is 0 Å². The zero-order chi connectivity index (χ0) is 20.3. The Morgan fingerprint density at radius 2 is 2.07 bits per heavy atom. The molecule has 148 valence electrons. The van der Waals surface area contributed by atoms with Gasteiger partial charge in [-0.05, 0) is 43.3 Å². The van der Waals surface area contributed by atoms with Crippen LogP contribution < -0.4 is 10.6 Å². The second-order valence-corrected chi connectivity index (χ2v) is 7.74. The van der Waals surface area contributed by atoms with Gasteiger partial charge in [-0.1, -0.05) is 23.2 Å². The van der Waals surface area contributed by atoms with Crippen LogP contribution in [-0.4, -0.2) is 44.7 Å². The molecule has 0 bridgehead atoms. The monoisotopic (exact) mass is 422 g/mol. The Kier molecular flexibility index (Phi) is 6.23. The first kappa shape index (κ1) is 20.6. The van der Waals surface area contributed by atoms with E-state index in [2.05, 4.69) is 15.6 Å². The zero-order valence-corrected chi connectivity index (χ0v) is 17.1. The first-order valence-electron chi connectivity index (χ1n) is 8.79. The summed E-state index contributed by atoms with van der Waals surface area (Å²) < 4.78 is 14.7. The van der Waals surface area contributed by atoms with Crippen molar-refractivity contribution in [1.82, 2.24) is 10.2 Å². The Bertz CT molecular complexity index is 911. The summed E-state index contributed by atoms with van der Waals surface area (Å²) in [6.45, 7) is 1.17. The second-order valence-electron chi connectivity index (χ2n) is 6.95. The van der Waals surface area contributed by atoms with Gasteiger partial charge in [0, 0.05) is 37.5 Å². The van der Waals surface area contributed by atoms with Crippen LogP contribution in [0.2, 0.25) is 10.0 Å². The first-order chi connectivity index (χ1) is 13.4. The summed E-state index contributed by atoms with van der Waals surface area (Å²) in [5.74, 6) is -0.423. The number of nitrogens with zero attached hydrogens (tertiary/aromatic N) is 2. The van der Waals surface area contributed by atoms with E-state index in [9.17, 15) is 9.18 Å². The van der Waals surface area contributed by atoms with Crippen molar-refractivity contribution < 1.29 is 9.18 Å². The Morgan fingerprint density at radius 1 is 1.29 bits per heavy atom. The minimum Gasteiger partial charge on any atom is -0.374 e. The predicted octanol–water partition coefficient (Wildman–Crippen LogP) is 4.47. The molecule has 1 atom stereocenters. The molecule has 0 aromatic heterocycles. The van der Waals surface area contributed by atoms with Crippen LogP contribution in [0.25, 0.3) is 0 Å². The van der Waals surface area contributed by atoms with Crippen LogP contribution in [-0.2, 0) is 5.54 Å². The number of carbonyl (C=O) groups excluding carboxylic acids is 1. The minimum absolute atomic E-state index is 0.195. The molecule has 1 aliphatic rings. The number of nitrogens with one attached hydrogen (secondary N) is 2. The summed E-state index contributed by atoms with van der Waals surface area (Å²) in [5, 5.41) is 7.12. The lowest BCUT2D eigenvalue weighted by molar-refractivity contribution is 0.112. The van der Waals surface area contributed by atoms with E-state index in [4.69, 9.17) is 23.2 Å². The molecule has 2 aromatic carbocycles. The van der Waals surface area contributed by atoms with Crippen LogP contribution in [0.4, 0.5) is 15.8 Å². The van der Waals surface area contributed by atoms with Crippen LogP contribution in [0.15, 0.2) is 35.3 Å². The summed E-state index contributed by atoms with van der Waals surface area (Å²) in [6, 6.07) is 8.03. The average Bonchev–Trinajstić information content (AvgIpc) is 3.12. The third-order valence-electron chi connectivity index (χ3n) is 4.64. The number of anilines is 1. The summed E-state index contributed by atoms with van der Waals surface area (Å²) in [6.07, 6.45) is 2.99. The van der Waals surface area contributed by atoms with Crippen molar-refractivity contribution in [3.63, 3.8) is 0 Å². The van der Waals surface area contributed by atoms with E-state index < -0.39 is 11.4 Å². The van der Waals surface area contributed by atoms with Gasteiger partial charge in [0.25, 0.3) is 0 Å². The molecule has 0 amide bonds. The fourth-order valence-corrected chi connectivity index (χ4v) is 3.83. The lowest BCUT2D eigenvalue weighted by atomic mass is 9.87. The van der Waals surface area contributed by atoms with Gasteiger partial charge in [-0.3, -0.25) is 4.79 Å². The molecule has 0 radical (unpaired) electrons. The topological polar surface area (TPSA) is 56.7 Å². The molecule has 2 N–H and O–H groups in total. The van der Waals surface area contributed by atoms with E-state index in [0.29, 0.717) is 47.0 Å². The SMILES string of the molecule is CN(C)C=Nc1ccc(NC2(c3c(F)ccc(Cl)c3Cl)CCNC2)cc1C=O. The predicted molar refractivity (Wildman–Crippen MR) is 113 cm³/mol. The van der Waals surface area contributed by atoms with Gasteiger partial charge in [-0.2, -0.15) is 0 Å². The van der Waals surface area contributed by atoms with Gasteiger partial charge in [0.15, 0.2) is 6.29 Å². The molecule has 1 heterocycles. The standard InChI is InChI=1S/C20H21Cl2FN4O/c1-27(2)12-25-17-6-3-14(9-13(17)10-28)26-20(7-8-24-11-20)18-16(23)5-4-15(21)19(18)22/h3-6,9-10,12,24,26H,7-8,11H2,1-2H3. The van der Waals surface area contributed by atoms with Crippen LogP contribution in [0, 0.1) is 5.82 Å². The minimum atomic E-state index is -0.777. The number of carbonyl (C=O) groups is 1. The fraction of sp³-hybridized carbons (Fsp3) is 0.300. The summed E-state index contributed by atoms with van der Waals surface area (Å²) in [5.41, 5.74) is 1.21. The van der Waals surface area contributed by atoms with E-state index in [1.54, 1.807) is 23.4 Å². The first-order valence-corrected chi connectivity index (χ1v) is 9.54. The van der Waals surface area contributed by atoms with Crippen molar-refractivity contribution in [2.45, 2.75) is 12.0 Å². The van der Waals surface area contributed by atoms with Crippen molar-refractivity contribution in [2.24, 2.45) is 4.99 Å². The molecular weight excluding hydrogens is 402 g/mol. The third kappa shape index (κ3) is 4.14. The molecule has 8 heteroatoms. The molecule has 0 spiro atoms. The van der Waals surface area contributed by atoms with E-state index in [1.165, 1.54) is 12.1 Å². The second kappa shape index (κ2) is 8.47. The highest BCUT2D eigenvalue weighted by molar-refractivity contribution is 6.42. The van der Waals surface area contributed by atoms with Gasteiger partial charge in [-0.15, -0.1) is 0 Å². The molecule has 3 rings (SSSR count). The molecule has 5 nitrogen and oxygen atoms in total. The van der Waals surface area contributed by atoms with Crippen molar-refractivity contribution in [3.8, 4) is 0 Å². The highest BCUT2D eigenvalue weighted by atomic mass is 35.5.